The third-order valence-electron chi connectivity index (χ3n) is 7.78. The molecule has 0 bridgehead atoms. The number of nitro benzene ring substituents is 2. The fourth-order valence-corrected chi connectivity index (χ4v) is 7.06. The third kappa shape index (κ3) is 5.80. The van der Waals surface area contributed by atoms with E-state index in [2.05, 4.69) is 5.16 Å². The predicted octanol–water partition coefficient (Wildman–Crippen LogP) is 8.81. The molecule has 0 saturated carbocycles. The number of para-hydroxylation sites is 1. The van der Waals surface area contributed by atoms with Crippen LogP contribution in [0.1, 0.15) is 28.6 Å². The normalized spacial score (nSPS) is 18.0. The summed E-state index contributed by atoms with van der Waals surface area (Å²) in [4.78, 5) is 29.4. The molecule has 3 heterocycles. The van der Waals surface area contributed by atoms with E-state index in [0.29, 0.717) is 33.2 Å². The number of nitrogens with zero attached hydrogens (tertiary/aromatic N) is 7. The van der Waals surface area contributed by atoms with Gasteiger partial charge in [-0.15, -0.1) is 0 Å². The zero-order valence-corrected chi connectivity index (χ0v) is 26.7. The molecule has 0 aliphatic carbocycles. The molecule has 0 unspecified atom stereocenters. The fraction of sp³-hybridized carbons (Fsp3) is 0.0882. The summed E-state index contributed by atoms with van der Waals surface area (Å²) in [5.74, 6) is 0.992. The second kappa shape index (κ2) is 12.8. The summed E-state index contributed by atoms with van der Waals surface area (Å²) < 4.78 is 5.82. The van der Waals surface area contributed by atoms with Gasteiger partial charge in [0, 0.05) is 11.1 Å². The minimum absolute atomic E-state index is 0.119. The zero-order chi connectivity index (χ0) is 33.4. The van der Waals surface area contributed by atoms with Crippen LogP contribution >= 0.6 is 23.4 Å². The number of amidine groups is 2. The molecule has 0 radical (unpaired) electrons. The predicted molar refractivity (Wildman–Crippen MR) is 188 cm³/mol. The van der Waals surface area contributed by atoms with Crippen molar-refractivity contribution in [3.63, 3.8) is 0 Å². The molecule has 1 saturated heterocycles. The lowest BCUT2D eigenvalue weighted by atomic mass is 10.0. The zero-order valence-electron chi connectivity index (χ0n) is 25.1. The fourth-order valence-electron chi connectivity index (χ4n) is 5.60. The van der Waals surface area contributed by atoms with Gasteiger partial charge < -0.3 is 4.52 Å². The van der Waals surface area contributed by atoms with Crippen LogP contribution in [0.15, 0.2) is 118 Å². The van der Waals surface area contributed by atoms with Crippen molar-refractivity contribution in [1.82, 2.24) is 5.16 Å². The number of non-ortho nitro benzene ring substituents is 1. The van der Waals surface area contributed by atoms with Gasteiger partial charge in [-0.2, -0.15) is 5.10 Å². The second-order valence-electron chi connectivity index (χ2n) is 10.8. The maximum atomic E-state index is 12.3. The van der Waals surface area contributed by atoms with Gasteiger partial charge in [-0.05, 0) is 54.5 Å². The van der Waals surface area contributed by atoms with E-state index in [-0.39, 0.29) is 11.4 Å². The van der Waals surface area contributed by atoms with E-state index in [1.54, 1.807) is 23.2 Å². The van der Waals surface area contributed by atoms with Gasteiger partial charge in [0.2, 0.25) is 0 Å². The van der Waals surface area contributed by atoms with E-state index < -0.39 is 26.8 Å². The van der Waals surface area contributed by atoms with Crippen molar-refractivity contribution in [3.8, 4) is 0 Å². The van der Waals surface area contributed by atoms with Crippen LogP contribution in [0, 0.1) is 27.2 Å². The molecular formula is C34H24ClN7O5S. The van der Waals surface area contributed by atoms with Crippen LogP contribution in [0.3, 0.4) is 0 Å². The number of benzene rings is 4. The molecule has 0 N–H and O–H groups in total. The standard InChI is InChI=1S/C34H24ClN7O5S/c1-21-30(29(47-38-21)19-14-22-12-15-24(35)16-13-22)39-33-32(48-34(39)36-25-10-6-3-7-11-25)31(23-8-4-2-5-9-23)40(37-33)27-18-17-26(41(43)44)20-28(27)42(45)46/h2-20,31-32H,1H3/b19-14+,36-34?/t31-,32-/m1/s1. The third-order valence-corrected chi connectivity index (χ3v) is 9.24. The highest BCUT2D eigenvalue weighted by Gasteiger charge is 2.51. The molecule has 0 spiro atoms. The summed E-state index contributed by atoms with van der Waals surface area (Å²) in [6, 6.07) is 29.4. The van der Waals surface area contributed by atoms with E-state index >= 15 is 0 Å². The average Bonchev–Trinajstić information content (AvgIpc) is 3.75. The molecule has 12 nitrogen and oxygen atoms in total. The van der Waals surface area contributed by atoms with Gasteiger partial charge in [-0.3, -0.25) is 25.1 Å². The number of halogens is 1. The van der Waals surface area contributed by atoms with Gasteiger partial charge in [-0.25, -0.2) is 10.0 Å². The minimum Gasteiger partial charge on any atom is -0.354 e. The van der Waals surface area contributed by atoms with Crippen molar-refractivity contribution in [2.75, 3.05) is 9.91 Å². The quantitative estimate of drug-likeness (QED) is 0.116. The van der Waals surface area contributed by atoms with Crippen molar-refractivity contribution in [3.05, 3.63) is 151 Å². The number of aryl methyl sites for hydroxylation is 1. The van der Waals surface area contributed by atoms with Crippen molar-refractivity contribution in [2.24, 2.45) is 10.1 Å². The van der Waals surface area contributed by atoms with E-state index in [0.717, 1.165) is 22.9 Å². The van der Waals surface area contributed by atoms with Gasteiger partial charge in [0.15, 0.2) is 16.8 Å². The Kier molecular flexibility index (Phi) is 8.21. The maximum absolute atomic E-state index is 12.3. The van der Waals surface area contributed by atoms with Gasteiger partial charge in [-0.1, -0.05) is 95.3 Å². The van der Waals surface area contributed by atoms with E-state index in [9.17, 15) is 20.2 Å². The van der Waals surface area contributed by atoms with Crippen molar-refractivity contribution < 1.29 is 14.4 Å². The molecule has 2 aliphatic heterocycles. The number of rotatable bonds is 8. The number of aromatic nitrogens is 1. The van der Waals surface area contributed by atoms with Gasteiger partial charge in [0.1, 0.15) is 17.1 Å². The highest BCUT2D eigenvalue weighted by molar-refractivity contribution is 8.16. The van der Waals surface area contributed by atoms with Gasteiger partial charge in [0.05, 0.1) is 32.9 Å². The molecule has 1 aromatic heterocycles. The SMILES string of the molecule is Cc1noc(/C=C/c2ccc(Cl)cc2)c1N1C(=Nc2ccccc2)S[C@H]2C1=NN(c1ccc([N+](=O)[O-])cc1[N+](=O)[O-])[C@@H]2c1ccccc1. The molecule has 2 atom stereocenters. The largest absolute Gasteiger partial charge is 0.354 e. The number of hydrogen-bond acceptors (Lipinski definition) is 10. The number of thioether (sulfide) groups is 1. The first-order valence-electron chi connectivity index (χ1n) is 14.6. The summed E-state index contributed by atoms with van der Waals surface area (Å²) in [5, 5.41) is 35.5. The number of aliphatic imine (C=N–C) groups is 1. The van der Waals surface area contributed by atoms with Crippen LogP contribution in [0.4, 0.5) is 28.4 Å². The Hall–Kier alpha value is -5.79. The first-order valence-corrected chi connectivity index (χ1v) is 15.9. The van der Waals surface area contributed by atoms with Crippen LogP contribution in [-0.2, 0) is 0 Å². The van der Waals surface area contributed by atoms with Crippen molar-refractivity contribution in [1.29, 1.82) is 0 Å². The number of hydrogen-bond donors (Lipinski definition) is 0. The summed E-state index contributed by atoms with van der Waals surface area (Å²) in [7, 11) is 0. The Morgan fingerprint density at radius 3 is 2.31 bits per heavy atom. The summed E-state index contributed by atoms with van der Waals surface area (Å²) in [5.41, 5.74) is 2.93. The lowest BCUT2D eigenvalue weighted by Crippen LogP contribution is -2.32. The summed E-state index contributed by atoms with van der Waals surface area (Å²) in [6.07, 6.45) is 3.68. The Morgan fingerprint density at radius 1 is 0.917 bits per heavy atom. The molecule has 14 heteroatoms. The van der Waals surface area contributed by atoms with Crippen molar-refractivity contribution >= 4 is 75.0 Å². The lowest BCUT2D eigenvalue weighted by Gasteiger charge is -2.26. The molecule has 1 fully saturated rings. The number of nitro groups is 2. The topological polar surface area (TPSA) is 144 Å². The van der Waals surface area contributed by atoms with Gasteiger partial charge >= 0.3 is 5.69 Å². The Bertz CT molecular complexity index is 2120. The molecule has 48 heavy (non-hydrogen) atoms. The highest BCUT2D eigenvalue weighted by Crippen LogP contribution is 2.50. The van der Waals surface area contributed by atoms with Crippen LogP contribution < -0.4 is 9.91 Å². The summed E-state index contributed by atoms with van der Waals surface area (Å²) in [6.45, 7) is 1.82. The monoisotopic (exact) mass is 677 g/mol. The number of fused-ring (bicyclic) bond motifs is 1. The average molecular weight is 678 g/mol. The van der Waals surface area contributed by atoms with Crippen LogP contribution in [-0.4, -0.2) is 31.3 Å². The summed E-state index contributed by atoms with van der Waals surface area (Å²) >= 11 is 7.54. The van der Waals surface area contributed by atoms with Crippen LogP contribution in [0.2, 0.25) is 5.02 Å². The molecule has 7 rings (SSSR count). The van der Waals surface area contributed by atoms with Crippen molar-refractivity contribution in [2.45, 2.75) is 18.2 Å². The second-order valence-corrected chi connectivity index (χ2v) is 12.4. The van der Waals surface area contributed by atoms with E-state index in [1.807, 2.05) is 90.7 Å². The molecule has 2 aliphatic rings. The lowest BCUT2D eigenvalue weighted by molar-refractivity contribution is -0.393. The molecule has 4 aromatic carbocycles. The first kappa shape index (κ1) is 30.8. The first-order chi connectivity index (χ1) is 23.3. The Morgan fingerprint density at radius 2 is 1.62 bits per heavy atom. The highest BCUT2D eigenvalue weighted by atomic mass is 35.5. The molecule has 0 amide bonds. The minimum atomic E-state index is -0.659. The van der Waals surface area contributed by atoms with Crippen LogP contribution in [0.5, 0.6) is 0 Å². The van der Waals surface area contributed by atoms with Crippen LogP contribution in [0.25, 0.3) is 12.2 Å². The number of anilines is 2. The number of hydrazone groups is 1. The smallest absolute Gasteiger partial charge is 0.301 e. The van der Waals surface area contributed by atoms with Gasteiger partial charge in [0.25, 0.3) is 5.69 Å². The van der Waals surface area contributed by atoms with E-state index in [4.69, 9.17) is 26.2 Å². The molecular weight excluding hydrogens is 654 g/mol. The van der Waals surface area contributed by atoms with E-state index in [1.165, 1.54) is 23.9 Å². The maximum Gasteiger partial charge on any atom is 0.301 e. The molecule has 5 aromatic rings. The Balaban J connectivity index is 1.41. The Labute approximate surface area is 282 Å². The molecule has 238 valence electrons.